The molecule has 8 nitrogen and oxygen atoms in total. The first-order chi connectivity index (χ1) is 13.5. The number of nitrogens with zero attached hydrogens (tertiary/aromatic N) is 5. The number of hydrogen-bond donors (Lipinski definition) is 1. The number of benzene rings is 2. The van der Waals surface area contributed by atoms with E-state index in [-0.39, 0.29) is 18.4 Å². The molecule has 9 heteroatoms. The molecule has 1 aliphatic rings. The van der Waals surface area contributed by atoms with Gasteiger partial charge in [-0.3, -0.25) is 9.59 Å². The number of anilines is 2. The van der Waals surface area contributed by atoms with Gasteiger partial charge in [0.2, 0.25) is 11.7 Å². The fourth-order valence-electron chi connectivity index (χ4n) is 3.17. The molecule has 3 aromatic rings. The third kappa shape index (κ3) is 3.59. The molecule has 2 aromatic carbocycles. The number of fused-ring (bicyclic) bond motifs is 1. The Morgan fingerprint density at radius 2 is 2.04 bits per heavy atom. The first-order valence-corrected chi connectivity index (χ1v) is 9.12. The lowest BCUT2D eigenvalue weighted by atomic mass is 10.2. The van der Waals surface area contributed by atoms with Gasteiger partial charge in [-0.25, -0.2) is 0 Å². The third-order valence-electron chi connectivity index (χ3n) is 4.46. The molecule has 2 amide bonds. The Labute approximate surface area is 166 Å². The largest absolute Gasteiger partial charge is 0.325 e. The minimum Gasteiger partial charge on any atom is -0.325 e. The number of halogens is 1. The summed E-state index contributed by atoms with van der Waals surface area (Å²) in [6.07, 6.45) is 0.844. The van der Waals surface area contributed by atoms with Crippen molar-refractivity contribution in [3.8, 4) is 11.4 Å². The van der Waals surface area contributed by atoms with E-state index in [9.17, 15) is 9.59 Å². The van der Waals surface area contributed by atoms with Crippen molar-refractivity contribution in [2.24, 2.45) is 0 Å². The first kappa shape index (κ1) is 18.1. The summed E-state index contributed by atoms with van der Waals surface area (Å²) in [6.45, 7) is 2.06. The van der Waals surface area contributed by atoms with Crippen LogP contribution in [0, 0.1) is 0 Å². The van der Waals surface area contributed by atoms with Crippen LogP contribution in [0.5, 0.6) is 0 Å². The quantitative estimate of drug-likeness (QED) is 0.731. The summed E-state index contributed by atoms with van der Waals surface area (Å²) in [7, 11) is 0. The lowest BCUT2D eigenvalue weighted by Crippen LogP contribution is -2.32. The second-order valence-electron chi connectivity index (χ2n) is 6.44. The Morgan fingerprint density at radius 3 is 2.82 bits per heavy atom. The molecular weight excluding hydrogens is 380 g/mol. The van der Waals surface area contributed by atoms with Gasteiger partial charge in [-0.15, -0.1) is 10.2 Å². The van der Waals surface area contributed by atoms with Crippen molar-refractivity contribution in [2.75, 3.05) is 16.8 Å². The third-order valence-corrected chi connectivity index (χ3v) is 4.77. The summed E-state index contributed by atoms with van der Waals surface area (Å²) in [5, 5.41) is 15.3. The summed E-state index contributed by atoms with van der Waals surface area (Å²) in [4.78, 5) is 26.8. The van der Waals surface area contributed by atoms with Gasteiger partial charge in [0.15, 0.2) is 0 Å². The Bertz CT molecular complexity index is 1060. The molecule has 2 heterocycles. The molecule has 0 saturated heterocycles. The van der Waals surface area contributed by atoms with Crippen LogP contribution in [0.15, 0.2) is 42.5 Å². The standard InChI is InChI=1S/C19H17ClN6O2/c1-12(27)21-16-7-6-14(10-15(16)20)19-22-24-26(23-19)11-18(28)25-9-8-13-4-2-3-5-17(13)25/h2-7,10H,8-9,11H2,1H3,(H,21,27). The van der Waals surface area contributed by atoms with Gasteiger partial charge in [-0.1, -0.05) is 29.8 Å². The van der Waals surface area contributed by atoms with E-state index in [2.05, 4.69) is 20.7 Å². The monoisotopic (exact) mass is 396 g/mol. The smallest absolute Gasteiger partial charge is 0.250 e. The van der Waals surface area contributed by atoms with Crippen LogP contribution in [0.2, 0.25) is 5.02 Å². The van der Waals surface area contributed by atoms with Gasteiger partial charge in [0, 0.05) is 24.7 Å². The molecule has 28 heavy (non-hydrogen) atoms. The molecule has 0 unspecified atom stereocenters. The van der Waals surface area contributed by atoms with Crippen molar-refractivity contribution in [2.45, 2.75) is 19.9 Å². The summed E-state index contributed by atoms with van der Waals surface area (Å²) in [5.74, 6) is 0.0551. The average Bonchev–Trinajstić information content (AvgIpc) is 3.30. The molecule has 0 spiro atoms. The molecule has 0 bridgehead atoms. The van der Waals surface area contributed by atoms with E-state index in [0.29, 0.717) is 28.6 Å². The predicted molar refractivity (Wildman–Crippen MR) is 105 cm³/mol. The lowest BCUT2D eigenvalue weighted by Gasteiger charge is -2.16. The molecule has 0 atom stereocenters. The molecule has 1 aliphatic heterocycles. The maximum absolute atomic E-state index is 12.7. The van der Waals surface area contributed by atoms with E-state index in [1.54, 1.807) is 23.1 Å². The number of hydrogen-bond acceptors (Lipinski definition) is 5. The van der Waals surface area contributed by atoms with E-state index < -0.39 is 0 Å². The van der Waals surface area contributed by atoms with Gasteiger partial charge in [0.25, 0.3) is 5.91 Å². The number of carbonyl (C=O) groups excluding carboxylic acids is 2. The van der Waals surface area contributed by atoms with Crippen molar-refractivity contribution in [3.05, 3.63) is 53.1 Å². The number of para-hydroxylation sites is 1. The van der Waals surface area contributed by atoms with Gasteiger partial charge < -0.3 is 10.2 Å². The fourth-order valence-corrected chi connectivity index (χ4v) is 3.40. The van der Waals surface area contributed by atoms with Crippen molar-refractivity contribution in [3.63, 3.8) is 0 Å². The van der Waals surface area contributed by atoms with Crippen LogP contribution >= 0.6 is 11.6 Å². The van der Waals surface area contributed by atoms with Crippen molar-refractivity contribution < 1.29 is 9.59 Å². The zero-order chi connectivity index (χ0) is 19.7. The molecular formula is C19H17ClN6O2. The van der Waals surface area contributed by atoms with E-state index in [4.69, 9.17) is 11.6 Å². The maximum atomic E-state index is 12.7. The second kappa shape index (κ2) is 7.40. The molecule has 0 saturated carbocycles. The van der Waals surface area contributed by atoms with Crippen LogP contribution in [0.3, 0.4) is 0 Å². The van der Waals surface area contributed by atoms with E-state index in [1.165, 1.54) is 11.7 Å². The maximum Gasteiger partial charge on any atom is 0.250 e. The summed E-state index contributed by atoms with van der Waals surface area (Å²) >= 11 is 6.19. The van der Waals surface area contributed by atoms with Crippen LogP contribution in [0.4, 0.5) is 11.4 Å². The minimum absolute atomic E-state index is 0.000950. The highest BCUT2D eigenvalue weighted by atomic mass is 35.5. The molecule has 0 radical (unpaired) electrons. The number of amides is 2. The fraction of sp³-hybridized carbons (Fsp3) is 0.211. The Kier molecular flexibility index (Phi) is 4.79. The van der Waals surface area contributed by atoms with E-state index in [1.807, 2.05) is 24.3 Å². The van der Waals surface area contributed by atoms with Gasteiger partial charge in [0.1, 0.15) is 6.54 Å². The highest BCUT2D eigenvalue weighted by Crippen LogP contribution is 2.28. The van der Waals surface area contributed by atoms with Gasteiger partial charge in [-0.2, -0.15) is 4.80 Å². The van der Waals surface area contributed by atoms with Gasteiger partial charge in [-0.05, 0) is 41.5 Å². The number of nitrogens with one attached hydrogen (secondary N) is 1. The predicted octanol–water partition coefficient (Wildman–Crippen LogP) is 2.54. The van der Waals surface area contributed by atoms with Crippen LogP contribution in [0.25, 0.3) is 11.4 Å². The van der Waals surface area contributed by atoms with Gasteiger partial charge >= 0.3 is 0 Å². The molecule has 0 aliphatic carbocycles. The topological polar surface area (TPSA) is 93.0 Å². The zero-order valence-electron chi connectivity index (χ0n) is 15.1. The van der Waals surface area contributed by atoms with Gasteiger partial charge in [0.05, 0.1) is 10.7 Å². The van der Waals surface area contributed by atoms with E-state index in [0.717, 1.165) is 17.7 Å². The minimum atomic E-state index is -0.208. The summed E-state index contributed by atoms with van der Waals surface area (Å²) in [6, 6.07) is 12.9. The molecule has 0 fully saturated rings. The van der Waals surface area contributed by atoms with Crippen LogP contribution in [-0.2, 0) is 22.6 Å². The zero-order valence-corrected chi connectivity index (χ0v) is 15.8. The highest BCUT2D eigenvalue weighted by molar-refractivity contribution is 6.34. The average molecular weight is 397 g/mol. The molecule has 1 aromatic heterocycles. The Morgan fingerprint density at radius 1 is 1.21 bits per heavy atom. The Balaban J connectivity index is 1.49. The lowest BCUT2D eigenvalue weighted by molar-refractivity contribution is -0.119. The number of rotatable bonds is 4. The van der Waals surface area contributed by atoms with Crippen LogP contribution in [0.1, 0.15) is 12.5 Å². The highest BCUT2D eigenvalue weighted by Gasteiger charge is 2.25. The van der Waals surface area contributed by atoms with Crippen molar-refractivity contribution >= 4 is 34.8 Å². The normalized spacial score (nSPS) is 12.7. The first-order valence-electron chi connectivity index (χ1n) is 8.75. The molecule has 1 N–H and O–H groups in total. The summed E-state index contributed by atoms with van der Waals surface area (Å²) < 4.78 is 0. The van der Waals surface area contributed by atoms with Crippen molar-refractivity contribution in [1.29, 1.82) is 0 Å². The number of tetrazole rings is 1. The van der Waals surface area contributed by atoms with Crippen LogP contribution < -0.4 is 10.2 Å². The molecule has 4 rings (SSSR count). The second-order valence-corrected chi connectivity index (χ2v) is 6.85. The van der Waals surface area contributed by atoms with E-state index >= 15 is 0 Å². The van der Waals surface area contributed by atoms with Crippen molar-refractivity contribution in [1.82, 2.24) is 20.2 Å². The van der Waals surface area contributed by atoms with Crippen LogP contribution in [-0.4, -0.2) is 38.6 Å². The summed E-state index contributed by atoms with van der Waals surface area (Å²) in [5.41, 5.74) is 3.25. The molecule has 142 valence electrons. The SMILES string of the molecule is CC(=O)Nc1ccc(-c2nnn(CC(=O)N3CCc4ccccc43)n2)cc1Cl. The number of aromatic nitrogens is 4. The number of carbonyl (C=O) groups is 2. The Hall–Kier alpha value is -3.26.